The number of hydrogen-bond acceptors (Lipinski definition) is 2. The van der Waals surface area contributed by atoms with Gasteiger partial charge in [0.15, 0.2) is 5.69 Å². The zero-order valence-corrected chi connectivity index (χ0v) is 16.3. The number of aromatic nitrogens is 2. The Kier molecular flexibility index (Phi) is 5.22. The van der Waals surface area contributed by atoms with Crippen molar-refractivity contribution in [3.63, 3.8) is 0 Å². The minimum Gasteiger partial charge on any atom is -0.316 e. The van der Waals surface area contributed by atoms with Crippen LogP contribution in [-0.2, 0) is 6.54 Å². The van der Waals surface area contributed by atoms with Crippen molar-refractivity contribution in [2.24, 2.45) is 0 Å². The lowest BCUT2D eigenvalue weighted by molar-refractivity contribution is 0.102. The number of halogens is 4. The summed E-state index contributed by atoms with van der Waals surface area (Å²) in [4.78, 5) is 12.7. The molecule has 1 N–H and O–H groups in total. The fourth-order valence-corrected chi connectivity index (χ4v) is 3.49. The van der Waals surface area contributed by atoms with E-state index in [1.807, 2.05) is 6.07 Å². The van der Waals surface area contributed by atoms with Gasteiger partial charge in [-0.2, -0.15) is 5.10 Å². The Morgan fingerprint density at radius 1 is 1.00 bits per heavy atom. The number of carbonyl (C=O) groups is 1. The maximum Gasteiger partial charge on any atom is 0.276 e. The van der Waals surface area contributed by atoms with Gasteiger partial charge in [0, 0.05) is 15.4 Å². The molecule has 29 heavy (non-hydrogen) atoms. The van der Waals surface area contributed by atoms with E-state index >= 15 is 0 Å². The molecule has 0 aliphatic carbocycles. The van der Waals surface area contributed by atoms with Crippen LogP contribution in [0.4, 0.5) is 14.5 Å². The van der Waals surface area contributed by atoms with Gasteiger partial charge >= 0.3 is 0 Å². The van der Waals surface area contributed by atoms with E-state index in [0.29, 0.717) is 20.9 Å². The number of amides is 1. The van der Waals surface area contributed by atoms with Crippen molar-refractivity contribution >= 4 is 45.7 Å². The highest BCUT2D eigenvalue weighted by Gasteiger charge is 2.20. The summed E-state index contributed by atoms with van der Waals surface area (Å²) >= 11 is 12.2. The molecule has 1 amide bonds. The molecule has 3 aromatic carbocycles. The van der Waals surface area contributed by atoms with E-state index in [-0.39, 0.29) is 12.2 Å². The summed E-state index contributed by atoms with van der Waals surface area (Å²) < 4.78 is 29.4. The van der Waals surface area contributed by atoms with Crippen LogP contribution in [-0.4, -0.2) is 15.7 Å². The van der Waals surface area contributed by atoms with E-state index < -0.39 is 23.2 Å². The van der Waals surface area contributed by atoms with Gasteiger partial charge in [-0.1, -0.05) is 53.5 Å². The largest absolute Gasteiger partial charge is 0.316 e. The molecule has 0 atom stereocenters. The Morgan fingerprint density at radius 3 is 2.45 bits per heavy atom. The number of benzene rings is 3. The quantitative estimate of drug-likeness (QED) is 0.435. The Labute approximate surface area is 174 Å². The molecule has 4 nitrogen and oxygen atoms in total. The molecule has 4 aromatic rings. The lowest BCUT2D eigenvalue weighted by Crippen LogP contribution is -2.16. The van der Waals surface area contributed by atoms with Crippen LogP contribution < -0.4 is 5.32 Å². The van der Waals surface area contributed by atoms with Crippen LogP contribution in [0.3, 0.4) is 0 Å². The molecule has 0 fully saturated rings. The van der Waals surface area contributed by atoms with Gasteiger partial charge in [0.1, 0.15) is 17.3 Å². The Balaban J connectivity index is 1.73. The fourth-order valence-electron chi connectivity index (χ4n) is 3.02. The highest BCUT2D eigenvalue weighted by atomic mass is 35.5. The van der Waals surface area contributed by atoms with E-state index in [2.05, 4.69) is 10.4 Å². The molecule has 0 aliphatic rings. The number of nitrogens with zero attached hydrogens (tertiary/aromatic N) is 2. The lowest BCUT2D eigenvalue weighted by Gasteiger charge is -2.07. The van der Waals surface area contributed by atoms with Gasteiger partial charge in [-0.3, -0.25) is 9.48 Å². The first-order chi connectivity index (χ1) is 13.9. The summed E-state index contributed by atoms with van der Waals surface area (Å²) in [5.41, 5.74) is 0.972. The van der Waals surface area contributed by atoms with Crippen LogP contribution in [0.15, 0.2) is 60.7 Å². The van der Waals surface area contributed by atoms with Gasteiger partial charge in [0.05, 0.1) is 12.1 Å². The molecule has 0 bridgehead atoms. The minimum atomic E-state index is -0.866. The summed E-state index contributed by atoms with van der Waals surface area (Å²) in [5, 5.41) is 8.17. The van der Waals surface area contributed by atoms with Crippen LogP contribution in [0, 0.1) is 11.6 Å². The predicted molar refractivity (Wildman–Crippen MR) is 110 cm³/mol. The molecule has 146 valence electrons. The van der Waals surface area contributed by atoms with E-state index in [1.54, 1.807) is 41.1 Å². The van der Waals surface area contributed by atoms with Crippen molar-refractivity contribution < 1.29 is 13.6 Å². The number of fused-ring (bicyclic) bond motifs is 1. The van der Waals surface area contributed by atoms with Gasteiger partial charge in [-0.15, -0.1) is 0 Å². The second-order valence-corrected chi connectivity index (χ2v) is 7.15. The molecule has 1 heterocycles. The third-order valence-corrected chi connectivity index (χ3v) is 5.00. The molecule has 0 unspecified atom stereocenters. The first kappa shape index (κ1) is 19.4. The van der Waals surface area contributed by atoms with Gasteiger partial charge < -0.3 is 5.32 Å². The Bertz CT molecular complexity index is 1220. The number of hydrogen-bond donors (Lipinski definition) is 1. The number of anilines is 1. The maximum atomic E-state index is 13.9. The van der Waals surface area contributed by atoms with Crippen molar-refractivity contribution in [3.05, 3.63) is 93.6 Å². The monoisotopic (exact) mass is 431 g/mol. The third kappa shape index (κ3) is 3.81. The molecule has 0 saturated heterocycles. The SMILES string of the molecule is O=C(Nc1c(F)cccc1F)c1nn(Cc2ccc(Cl)cc2Cl)c2ccccc12. The fraction of sp³-hybridized carbons (Fsp3) is 0.0476. The second-order valence-electron chi connectivity index (χ2n) is 6.31. The number of para-hydroxylation sites is 2. The van der Waals surface area contributed by atoms with Crippen molar-refractivity contribution in [2.75, 3.05) is 5.32 Å². The maximum absolute atomic E-state index is 13.9. The van der Waals surface area contributed by atoms with Crippen molar-refractivity contribution in [1.82, 2.24) is 9.78 Å². The highest BCUT2D eigenvalue weighted by Crippen LogP contribution is 2.26. The van der Waals surface area contributed by atoms with Gasteiger partial charge in [0.25, 0.3) is 5.91 Å². The van der Waals surface area contributed by atoms with Gasteiger partial charge in [-0.25, -0.2) is 8.78 Å². The van der Waals surface area contributed by atoms with Crippen molar-refractivity contribution in [3.8, 4) is 0 Å². The number of nitrogens with one attached hydrogen (secondary N) is 1. The minimum absolute atomic E-state index is 0.0494. The van der Waals surface area contributed by atoms with Crippen molar-refractivity contribution in [2.45, 2.75) is 6.54 Å². The van der Waals surface area contributed by atoms with Gasteiger partial charge in [-0.05, 0) is 35.9 Å². The highest BCUT2D eigenvalue weighted by molar-refractivity contribution is 6.35. The molecule has 0 aliphatic heterocycles. The normalized spacial score (nSPS) is 11.0. The molecular formula is C21H13Cl2F2N3O. The zero-order valence-electron chi connectivity index (χ0n) is 14.8. The third-order valence-electron chi connectivity index (χ3n) is 4.41. The second kappa shape index (κ2) is 7.81. The Morgan fingerprint density at radius 2 is 1.72 bits per heavy atom. The van der Waals surface area contributed by atoms with Crippen LogP contribution in [0.1, 0.15) is 16.1 Å². The summed E-state index contributed by atoms with van der Waals surface area (Å²) in [6.45, 7) is 0.290. The average Bonchev–Trinajstić information content (AvgIpc) is 3.06. The molecule has 0 spiro atoms. The zero-order chi connectivity index (χ0) is 20.5. The summed E-state index contributed by atoms with van der Waals surface area (Å²) in [7, 11) is 0. The average molecular weight is 432 g/mol. The Hall–Kier alpha value is -2.96. The van der Waals surface area contributed by atoms with Crippen LogP contribution in [0.5, 0.6) is 0 Å². The van der Waals surface area contributed by atoms with Crippen LogP contribution in [0.2, 0.25) is 10.0 Å². The van der Waals surface area contributed by atoms with E-state index in [0.717, 1.165) is 17.7 Å². The molecular weight excluding hydrogens is 419 g/mol. The van der Waals surface area contributed by atoms with E-state index in [4.69, 9.17) is 23.2 Å². The smallest absolute Gasteiger partial charge is 0.276 e. The number of rotatable bonds is 4. The summed E-state index contributed by atoms with van der Waals surface area (Å²) in [6, 6.07) is 15.5. The standard InChI is InChI=1S/C21H13Cl2F2N3O/c22-13-9-8-12(15(23)10-13)11-28-18-7-2-1-4-14(18)19(27-28)21(29)26-20-16(24)5-3-6-17(20)25/h1-10H,11H2,(H,26,29). The summed E-state index contributed by atoms with van der Waals surface area (Å²) in [5.74, 6) is -2.45. The molecule has 8 heteroatoms. The summed E-state index contributed by atoms with van der Waals surface area (Å²) in [6.07, 6.45) is 0. The topological polar surface area (TPSA) is 46.9 Å². The van der Waals surface area contributed by atoms with Crippen molar-refractivity contribution in [1.29, 1.82) is 0 Å². The molecule has 4 rings (SSSR count). The van der Waals surface area contributed by atoms with Gasteiger partial charge in [0.2, 0.25) is 0 Å². The molecule has 0 radical (unpaired) electrons. The number of carbonyl (C=O) groups excluding carboxylic acids is 1. The van der Waals surface area contributed by atoms with Crippen LogP contribution in [0.25, 0.3) is 10.9 Å². The predicted octanol–water partition coefficient (Wildman–Crippen LogP) is 5.92. The first-order valence-electron chi connectivity index (χ1n) is 8.59. The molecule has 1 aromatic heterocycles. The lowest BCUT2D eigenvalue weighted by atomic mass is 10.2. The van der Waals surface area contributed by atoms with Crippen LogP contribution >= 0.6 is 23.2 Å². The first-order valence-corrected chi connectivity index (χ1v) is 9.34. The van der Waals surface area contributed by atoms with E-state index in [9.17, 15) is 13.6 Å². The van der Waals surface area contributed by atoms with E-state index in [1.165, 1.54) is 6.07 Å². The molecule has 0 saturated carbocycles.